The lowest BCUT2D eigenvalue weighted by atomic mass is 10.1. The maximum absolute atomic E-state index is 12.2. The van der Waals surface area contributed by atoms with Crippen LogP contribution in [0.4, 0.5) is 0 Å². The largest absolute Gasteiger partial charge is 0.481 e. The molecule has 2 aromatic rings. The topological polar surface area (TPSA) is 39.2 Å². The van der Waals surface area contributed by atoms with Gasteiger partial charge in [-0.1, -0.05) is 41.4 Å². The second-order valence-corrected chi connectivity index (χ2v) is 4.77. The number of carbonyl (C=O) groups is 1. The molecule has 0 aliphatic carbocycles. The lowest BCUT2D eigenvalue weighted by Crippen LogP contribution is -2.23. The van der Waals surface area contributed by atoms with Crippen molar-refractivity contribution >= 4 is 17.4 Å². The van der Waals surface area contributed by atoms with Crippen LogP contribution in [0, 0.1) is 6.92 Å². The summed E-state index contributed by atoms with van der Waals surface area (Å²) in [4.78, 5) is 16.1. The van der Waals surface area contributed by atoms with Crippen molar-refractivity contribution in [3.05, 3.63) is 58.9 Å². The van der Waals surface area contributed by atoms with Gasteiger partial charge in [-0.05, 0) is 13.8 Å². The average molecular weight is 276 g/mol. The van der Waals surface area contributed by atoms with Crippen LogP contribution in [0.2, 0.25) is 5.02 Å². The van der Waals surface area contributed by atoms with Gasteiger partial charge in [-0.15, -0.1) is 0 Å². The van der Waals surface area contributed by atoms with E-state index >= 15 is 0 Å². The molecule has 98 valence electrons. The van der Waals surface area contributed by atoms with Gasteiger partial charge in [0.15, 0.2) is 6.10 Å². The molecule has 0 aliphatic heterocycles. The maximum atomic E-state index is 12.2. The first-order valence-corrected chi connectivity index (χ1v) is 6.32. The van der Waals surface area contributed by atoms with Crippen molar-refractivity contribution in [1.82, 2.24) is 4.98 Å². The average Bonchev–Trinajstić information content (AvgIpc) is 2.39. The third-order valence-corrected chi connectivity index (χ3v) is 2.90. The second-order valence-electron chi connectivity index (χ2n) is 4.33. The molecule has 0 aliphatic rings. The minimum atomic E-state index is -0.581. The first-order valence-electron chi connectivity index (χ1n) is 5.94. The molecular weight excluding hydrogens is 262 g/mol. The van der Waals surface area contributed by atoms with E-state index in [1.165, 1.54) is 12.4 Å². The van der Waals surface area contributed by atoms with Gasteiger partial charge in [0, 0.05) is 17.8 Å². The van der Waals surface area contributed by atoms with Gasteiger partial charge in [-0.2, -0.15) is 0 Å². The second kappa shape index (κ2) is 5.85. The quantitative estimate of drug-likeness (QED) is 0.799. The molecule has 2 rings (SSSR count). The third kappa shape index (κ3) is 3.55. The smallest absolute Gasteiger partial charge is 0.202 e. The molecule has 0 fully saturated rings. The normalized spacial score (nSPS) is 11.9. The van der Waals surface area contributed by atoms with Crippen LogP contribution in [0.3, 0.4) is 0 Å². The van der Waals surface area contributed by atoms with Crippen molar-refractivity contribution in [3.8, 4) is 5.75 Å². The summed E-state index contributed by atoms with van der Waals surface area (Å²) in [5, 5.41) is 0.479. The third-order valence-electron chi connectivity index (χ3n) is 2.70. The highest BCUT2D eigenvalue weighted by Crippen LogP contribution is 2.18. The molecule has 1 heterocycles. The number of Topliss-reactive ketones (excluding diaryl/α,β-unsaturated/α-hetero) is 1. The molecule has 0 radical (unpaired) electrons. The zero-order chi connectivity index (χ0) is 13.8. The van der Waals surface area contributed by atoms with E-state index in [0.29, 0.717) is 16.3 Å². The van der Waals surface area contributed by atoms with E-state index in [-0.39, 0.29) is 5.78 Å². The molecule has 0 amide bonds. The summed E-state index contributed by atoms with van der Waals surface area (Å²) in [6.45, 7) is 3.69. The lowest BCUT2D eigenvalue weighted by molar-refractivity contribution is 0.0817. The highest BCUT2D eigenvalue weighted by molar-refractivity contribution is 6.30. The molecule has 1 aromatic carbocycles. The zero-order valence-corrected chi connectivity index (χ0v) is 11.5. The Kier molecular flexibility index (Phi) is 4.17. The summed E-state index contributed by atoms with van der Waals surface area (Å²) in [6, 6.07) is 9.04. The van der Waals surface area contributed by atoms with Gasteiger partial charge in [0.05, 0.1) is 11.2 Å². The molecule has 0 bridgehead atoms. The van der Waals surface area contributed by atoms with Crippen molar-refractivity contribution in [2.45, 2.75) is 20.0 Å². The van der Waals surface area contributed by atoms with Gasteiger partial charge in [0.2, 0.25) is 5.78 Å². The van der Waals surface area contributed by atoms with Crippen molar-refractivity contribution in [1.29, 1.82) is 0 Å². The van der Waals surface area contributed by atoms with Gasteiger partial charge in [0.1, 0.15) is 5.75 Å². The number of pyridine rings is 1. The number of aromatic nitrogens is 1. The highest BCUT2D eigenvalue weighted by atomic mass is 35.5. The van der Waals surface area contributed by atoms with E-state index < -0.39 is 6.10 Å². The Morgan fingerprint density at radius 1 is 1.26 bits per heavy atom. The molecule has 3 nitrogen and oxygen atoms in total. The predicted octanol–water partition coefficient (Wildman–Crippen LogP) is 3.69. The molecule has 4 heteroatoms. The van der Waals surface area contributed by atoms with Gasteiger partial charge in [-0.25, -0.2) is 0 Å². The molecule has 1 atom stereocenters. The standard InChI is InChI=1S/C15H14ClNO2/c1-10-3-5-12(6-4-10)15(18)11(2)19-14-7-13(16)8-17-9-14/h3-9,11H,1-2H3. The van der Waals surface area contributed by atoms with Crippen LogP contribution in [0.25, 0.3) is 0 Å². The summed E-state index contributed by atoms with van der Waals surface area (Å²) in [7, 11) is 0. The van der Waals surface area contributed by atoms with E-state index in [0.717, 1.165) is 5.56 Å². The van der Waals surface area contributed by atoms with Crippen molar-refractivity contribution in [3.63, 3.8) is 0 Å². The Morgan fingerprint density at radius 3 is 2.58 bits per heavy atom. The van der Waals surface area contributed by atoms with Gasteiger partial charge < -0.3 is 4.74 Å². The van der Waals surface area contributed by atoms with E-state index in [2.05, 4.69) is 4.98 Å². The summed E-state index contributed by atoms with van der Waals surface area (Å²) < 4.78 is 5.55. The maximum Gasteiger partial charge on any atom is 0.202 e. The van der Waals surface area contributed by atoms with Crippen LogP contribution in [0.1, 0.15) is 22.8 Å². The Labute approximate surface area is 117 Å². The predicted molar refractivity (Wildman–Crippen MR) is 74.8 cm³/mol. The number of aryl methyl sites for hydroxylation is 1. The first-order chi connectivity index (χ1) is 9.06. The minimum absolute atomic E-state index is 0.0695. The Hall–Kier alpha value is -1.87. The zero-order valence-electron chi connectivity index (χ0n) is 10.8. The van der Waals surface area contributed by atoms with Crippen LogP contribution in [0.15, 0.2) is 42.7 Å². The number of carbonyl (C=O) groups excluding carboxylic acids is 1. The summed E-state index contributed by atoms with van der Waals surface area (Å²) >= 11 is 5.81. The number of nitrogens with zero attached hydrogens (tertiary/aromatic N) is 1. The van der Waals surface area contributed by atoms with Gasteiger partial charge in [0.25, 0.3) is 0 Å². The number of halogens is 1. The van der Waals surface area contributed by atoms with Crippen LogP contribution < -0.4 is 4.74 Å². The fourth-order valence-corrected chi connectivity index (χ4v) is 1.83. The molecule has 0 saturated carbocycles. The van der Waals surface area contributed by atoms with Crippen LogP contribution in [0.5, 0.6) is 5.75 Å². The Bertz CT molecular complexity index is 581. The number of rotatable bonds is 4. The van der Waals surface area contributed by atoms with Crippen molar-refractivity contribution in [2.75, 3.05) is 0 Å². The molecule has 0 N–H and O–H groups in total. The summed E-state index contributed by atoms with van der Waals surface area (Å²) in [5.74, 6) is 0.417. The van der Waals surface area contributed by atoms with E-state index in [4.69, 9.17) is 16.3 Å². The minimum Gasteiger partial charge on any atom is -0.481 e. The fourth-order valence-electron chi connectivity index (χ4n) is 1.67. The molecule has 19 heavy (non-hydrogen) atoms. The van der Waals surface area contributed by atoms with E-state index in [9.17, 15) is 4.79 Å². The Balaban J connectivity index is 2.09. The van der Waals surface area contributed by atoms with Crippen molar-refractivity contribution in [2.24, 2.45) is 0 Å². The molecule has 1 aromatic heterocycles. The summed E-state index contributed by atoms with van der Waals surface area (Å²) in [6.07, 6.45) is 2.47. The number of hydrogen-bond donors (Lipinski definition) is 0. The van der Waals surface area contributed by atoms with Crippen molar-refractivity contribution < 1.29 is 9.53 Å². The molecular formula is C15H14ClNO2. The Morgan fingerprint density at radius 2 is 1.95 bits per heavy atom. The van der Waals surface area contributed by atoms with E-state index in [1.54, 1.807) is 25.1 Å². The SMILES string of the molecule is Cc1ccc(C(=O)C(C)Oc2cncc(Cl)c2)cc1. The monoisotopic (exact) mass is 275 g/mol. The van der Waals surface area contributed by atoms with Gasteiger partial charge in [-0.3, -0.25) is 9.78 Å². The number of ether oxygens (including phenoxy) is 1. The fraction of sp³-hybridized carbons (Fsp3) is 0.200. The van der Waals surface area contributed by atoms with E-state index in [1.807, 2.05) is 19.1 Å². The number of hydrogen-bond acceptors (Lipinski definition) is 3. The summed E-state index contributed by atoms with van der Waals surface area (Å²) in [5.41, 5.74) is 1.75. The molecule has 1 unspecified atom stereocenters. The lowest BCUT2D eigenvalue weighted by Gasteiger charge is -2.13. The van der Waals surface area contributed by atoms with Crippen LogP contribution in [-0.2, 0) is 0 Å². The highest BCUT2D eigenvalue weighted by Gasteiger charge is 2.16. The van der Waals surface area contributed by atoms with Crippen LogP contribution >= 0.6 is 11.6 Å². The first kappa shape index (κ1) is 13.6. The van der Waals surface area contributed by atoms with Crippen LogP contribution in [-0.4, -0.2) is 16.9 Å². The van der Waals surface area contributed by atoms with Gasteiger partial charge >= 0.3 is 0 Å². The molecule has 0 saturated heterocycles. The number of benzene rings is 1. The molecule has 0 spiro atoms. The number of ketones is 1.